The van der Waals surface area contributed by atoms with E-state index < -0.39 is 37.3 Å². The average molecular weight is 962 g/mol. The van der Waals surface area contributed by atoms with Crippen LogP contribution in [0.25, 0.3) is 11.0 Å². The molecule has 14 nitrogen and oxygen atoms in total. The van der Waals surface area contributed by atoms with Crippen molar-refractivity contribution in [3.63, 3.8) is 0 Å². The number of aromatic amines is 1. The van der Waals surface area contributed by atoms with Crippen LogP contribution in [0.15, 0.2) is 71.8 Å². The Labute approximate surface area is 403 Å². The predicted molar refractivity (Wildman–Crippen MR) is 265 cm³/mol. The van der Waals surface area contributed by atoms with Gasteiger partial charge >= 0.3 is 0 Å². The SMILES string of the molecule is CCc1nc2[nH]cc(F)c2cc1Oc1cc(N2CCC3(CC2)CN([C@H]2CCC[C@H]2c2ccccc2C(C)C)C3)ccc1C(=O)NS(=O)(=O)c1cc2c(c([N+](=O)[O-])c1)N[C@@H](C1CCC(C)(C)CC1)CO2. The van der Waals surface area contributed by atoms with Crippen molar-refractivity contribution in [1.29, 1.82) is 0 Å². The van der Waals surface area contributed by atoms with Crippen molar-refractivity contribution in [3.8, 4) is 17.2 Å². The van der Waals surface area contributed by atoms with Gasteiger partial charge < -0.3 is 24.7 Å². The van der Waals surface area contributed by atoms with E-state index in [1.165, 1.54) is 54.8 Å². The molecule has 1 spiro atoms. The number of carbonyl (C=O) groups is 1. The van der Waals surface area contributed by atoms with Gasteiger partial charge in [0.05, 0.1) is 32.5 Å². The lowest BCUT2D eigenvalue weighted by molar-refractivity contribution is -0.384. The summed E-state index contributed by atoms with van der Waals surface area (Å²) in [6, 6.07) is 18.1. The number of ether oxygens (including phenoxy) is 2. The quantitative estimate of drug-likeness (QED) is 0.0803. The van der Waals surface area contributed by atoms with E-state index in [0.29, 0.717) is 35.6 Å². The van der Waals surface area contributed by atoms with Crippen molar-refractivity contribution in [2.75, 3.05) is 43.0 Å². The lowest BCUT2D eigenvalue weighted by Crippen LogP contribution is -2.63. The second-order valence-electron chi connectivity index (χ2n) is 21.5. The summed E-state index contributed by atoms with van der Waals surface area (Å²) < 4.78 is 57.8. The number of likely N-dealkylation sites (tertiary alicyclic amines) is 1. The van der Waals surface area contributed by atoms with Crippen molar-refractivity contribution in [2.45, 2.75) is 128 Å². The molecular weight excluding hydrogens is 898 g/mol. The van der Waals surface area contributed by atoms with E-state index >= 15 is 0 Å². The molecule has 5 aromatic rings. The third-order valence-electron chi connectivity index (χ3n) is 16.1. The van der Waals surface area contributed by atoms with Gasteiger partial charge in [-0.1, -0.05) is 65.3 Å². The molecule has 2 aromatic heterocycles. The number of hydrogen-bond donors (Lipinski definition) is 3. The Kier molecular flexibility index (Phi) is 12.4. The highest BCUT2D eigenvalue weighted by Crippen LogP contribution is 2.50. The summed E-state index contributed by atoms with van der Waals surface area (Å²) in [4.78, 5) is 38.0. The zero-order valence-corrected chi connectivity index (χ0v) is 41.1. The van der Waals surface area contributed by atoms with Gasteiger partial charge in [-0.2, -0.15) is 0 Å². The maximum atomic E-state index is 14.9. The van der Waals surface area contributed by atoms with Crippen LogP contribution in [0.3, 0.4) is 0 Å². The molecule has 0 unspecified atom stereocenters. The molecule has 3 aromatic carbocycles. The molecule has 1 amide bonds. The fourth-order valence-corrected chi connectivity index (χ4v) is 13.0. The topological polar surface area (TPSA) is 172 Å². The number of hydrogen-bond acceptors (Lipinski definition) is 11. The van der Waals surface area contributed by atoms with Gasteiger partial charge in [-0.15, -0.1) is 0 Å². The Morgan fingerprint density at radius 2 is 1.77 bits per heavy atom. The van der Waals surface area contributed by atoms with Crippen LogP contribution in [0.5, 0.6) is 17.2 Å². The van der Waals surface area contributed by atoms with Gasteiger partial charge in [0.25, 0.3) is 21.6 Å². The zero-order valence-electron chi connectivity index (χ0n) is 40.3. The van der Waals surface area contributed by atoms with Crippen LogP contribution in [0.1, 0.15) is 131 Å². The molecule has 3 aliphatic heterocycles. The fraction of sp³-hybridized carbons (Fsp3) is 0.509. The summed E-state index contributed by atoms with van der Waals surface area (Å²) in [7, 11) is -4.70. The molecular formula is C53H64FN7O7S. The largest absolute Gasteiger partial charge is 0.489 e. The lowest BCUT2D eigenvalue weighted by Gasteiger charge is -2.57. The number of aromatic nitrogens is 2. The summed E-state index contributed by atoms with van der Waals surface area (Å²) >= 11 is 0. The third-order valence-corrected chi connectivity index (χ3v) is 17.5. The number of benzene rings is 3. The first-order valence-corrected chi connectivity index (χ1v) is 26.3. The van der Waals surface area contributed by atoms with E-state index in [0.717, 1.165) is 76.5 Å². The van der Waals surface area contributed by atoms with E-state index in [1.807, 2.05) is 6.92 Å². The van der Waals surface area contributed by atoms with Gasteiger partial charge in [0.2, 0.25) is 0 Å². The maximum absolute atomic E-state index is 14.9. The number of nitrogens with zero attached hydrogens (tertiary/aromatic N) is 4. The first-order chi connectivity index (χ1) is 33.0. The number of amides is 1. The van der Waals surface area contributed by atoms with E-state index in [9.17, 15) is 27.7 Å². The molecule has 5 aliphatic rings. The number of pyridine rings is 1. The molecule has 2 aliphatic carbocycles. The average Bonchev–Trinajstić information content (AvgIpc) is 3.96. The standard InChI is InChI=1S/C53H64FN7O7S/c1-6-42-47(27-40-41(54)28-55-50(40)57-42)68-46-24-34(59-22-20-53(21-23-59)30-60(31-53)44-13-9-12-38(44)37-11-8-7-10-36(37)32(2)3)14-15-39(46)51(62)58-69(65,66)35-25-45(61(63)64)49-48(26-35)67-29-43(56-49)33-16-18-52(4,5)19-17-33/h7-8,10-11,14-15,24-28,32-33,38,43-44,56H,6,9,12-13,16-23,29-31H2,1-5H3,(H,55,57)(H,58,62)/t38-,43+,44-/m0/s1. The number of sulfonamides is 1. The number of nitro benzene ring substituents is 1. The fourth-order valence-electron chi connectivity index (χ4n) is 12.0. The van der Waals surface area contributed by atoms with Crippen molar-refractivity contribution < 1.29 is 32.0 Å². The van der Waals surface area contributed by atoms with Crippen LogP contribution in [0, 0.1) is 32.7 Å². The molecule has 366 valence electrons. The number of H-pyrrole nitrogens is 1. The Morgan fingerprint density at radius 3 is 2.49 bits per heavy atom. The van der Waals surface area contributed by atoms with Crippen LogP contribution < -0.4 is 24.4 Å². The minimum atomic E-state index is -4.70. The van der Waals surface area contributed by atoms with Gasteiger partial charge in [0.15, 0.2) is 11.4 Å². The minimum absolute atomic E-state index is 0.0258. The molecule has 2 saturated carbocycles. The summed E-state index contributed by atoms with van der Waals surface area (Å²) in [6.07, 6.45) is 11.3. The number of piperidine rings is 1. The normalized spacial score (nSPS) is 22.5. The van der Waals surface area contributed by atoms with Crippen LogP contribution in [0.2, 0.25) is 0 Å². The van der Waals surface area contributed by atoms with E-state index in [4.69, 9.17) is 9.47 Å². The number of aryl methyl sites for hydroxylation is 1. The molecule has 0 bridgehead atoms. The van der Waals surface area contributed by atoms with E-state index in [1.54, 1.807) is 12.1 Å². The molecule has 2 saturated heterocycles. The van der Waals surface area contributed by atoms with Gasteiger partial charge in [0, 0.05) is 62.3 Å². The highest BCUT2D eigenvalue weighted by atomic mass is 32.2. The zero-order chi connectivity index (χ0) is 48.4. The Bertz CT molecular complexity index is 2890. The maximum Gasteiger partial charge on any atom is 0.297 e. The van der Waals surface area contributed by atoms with E-state index in [-0.39, 0.29) is 63.3 Å². The second-order valence-corrected chi connectivity index (χ2v) is 23.1. The van der Waals surface area contributed by atoms with Crippen molar-refractivity contribution in [1.82, 2.24) is 19.6 Å². The van der Waals surface area contributed by atoms with Crippen LogP contribution in [0.4, 0.5) is 21.5 Å². The minimum Gasteiger partial charge on any atom is -0.489 e. The number of nitro groups is 1. The molecule has 69 heavy (non-hydrogen) atoms. The number of nitrogens with one attached hydrogen (secondary N) is 3. The first-order valence-electron chi connectivity index (χ1n) is 24.9. The highest BCUT2D eigenvalue weighted by Gasteiger charge is 2.49. The Morgan fingerprint density at radius 1 is 1.01 bits per heavy atom. The molecule has 3 atom stereocenters. The van der Waals surface area contributed by atoms with Gasteiger partial charge in [-0.3, -0.25) is 19.8 Å². The molecule has 16 heteroatoms. The summed E-state index contributed by atoms with van der Waals surface area (Å²) in [5.41, 5.74) is 4.65. The molecule has 3 N–H and O–H groups in total. The highest BCUT2D eigenvalue weighted by molar-refractivity contribution is 7.90. The predicted octanol–water partition coefficient (Wildman–Crippen LogP) is 10.8. The summed E-state index contributed by atoms with van der Waals surface area (Å²) in [5, 5.41) is 16.0. The Hall–Kier alpha value is -5.74. The second kappa shape index (κ2) is 18.2. The molecule has 5 heterocycles. The number of fused-ring (bicyclic) bond motifs is 2. The number of rotatable bonds is 12. The van der Waals surface area contributed by atoms with Crippen molar-refractivity contribution in [2.24, 2.45) is 16.7 Å². The molecule has 4 fully saturated rings. The number of anilines is 2. The van der Waals surface area contributed by atoms with Crippen LogP contribution in [-0.4, -0.2) is 79.0 Å². The van der Waals surface area contributed by atoms with Gasteiger partial charge in [-0.05, 0) is 116 Å². The van der Waals surface area contributed by atoms with Crippen LogP contribution >= 0.6 is 0 Å². The number of carbonyl (C=O) groups excluding carboxylic acids is 1. The van der Waals surface area contributed by atoms with E-state index in [2.05, 4.69) is 81.8 Å². The smallest absolute Gasteiger partial charge is 0.297 e. The summed E-state index contributed by atoms with van der Waals surface area (Å²) in [5.74, 6) is 0.0576. The van der Waals surface area contributed by atoms with Crippen LogP contribution in [-0.2, 0) is 16.4 Å². The summed E-state index contributed by atoms with van der Waals surface area (Å²) in [6.45, 7) is 14.9. The Balaban J connectivity index is 0.883. The van der Waals surface area contributed by atoms with Gasteiger partial charge in [0.1, 0.15) is 29.6 Å². The van der Waals surface area contributed by atoms with Crippen molar-refractivity contribution >= 4 is 44.0 Å². The lowest BCUT2D eigenvalue weighted by atomic mass is 9.70. The molecule has 0 radical (unpaired) electrons. The monoisotopic (exact) mass is 961 g/mol. The van der Waals surface area contributed by atoms with Gasteiger partial charge in [-0.25, -0.2) is 22.5 Å². The first kappa shape index (κ1) is 47.0. The molecule has 10 rings (SSSR count). The third kappa shape index (κ3) is 9.14. The number of halogens is 1. The van der Waals surface area contributed by atoms with Crippen molar-refractivity contribution in [3.05, 3.63) is 105 Å².